The van der Waals surface area contributed by atoms with E-state index in [1.807, 2.05) is 4.90 Å². The topological polar surface area (TPSA) is 61.4 Å². The van der Waals surface area contributed by atoms with Crippen molar-refractivity contribution in [1.82, 2.24) is 15.5 Å². The van der Waals surface area contributed by atoms with Gasteiger partial charge in [0.25, 0.3) is 0 Å². The molecule has 2 aliphatic heterocycles. The van der Waals surface area contributed by atoms with E-state index in [9.17, 15) is 9.59 Å². The minimum Gasteiger partial charge on any atom is -0.352 e. The van der Waals surface area contributed by atoms with Gasteiger partial charge in [0.15, 0.2) is 0 Å². The van der Waals surface area contributed by atoms with Gasteiger partial charge in [-0.1, -0.05) is 6.92 Å². The van der Waals surface area contributed by atoms with E-state index in [-0.39, 0.29) is 23.3 Å². The van der Waals surface area contributed by atoms with Gasteiger partial charge in [0.2, 0.25) is 11.8 Å². The summed E-state index contributed by atoms with van der Waals surface area (Å²) in [7, 11) is 0. The van der Waals surface area contributed by atoms with Crippen molar-refractivity contribution in [2.24, 2.45) is 5.41 Å². The Morgan fingerprint density at radius 3 is 2.57 bits per heavy atom. The Morgan fingerprint density at radius 1 is 1.24 bits per heavy atom. The maximum absolute atomic E-state index is 13.1. The van der Waals surface area contributed by atoms with Crippen LogP contribution in [-0.2, 0) is 9.59 Å². The van der Waals surface area contributed by atoms with E-state index in [2.05, 4.69) is 17.6 Å². The first kappa shape index (κ1) is 14.8. The summed E-state index contributed by atoms with van der Waals surface area (Å²) in [6.07, 6.45) is 6.63. The van der Waals surface area contributed by atoms with Crippen LogP contribution in [0.25, 0.3) is 0 Å². The van der Waals surface area contributed by atoms with E-state index < -0.39 is 0 Å². The number of hydrogen-bond donors (Lipinski definition) is 2. The number of rotatable bonds is 4. The van der Waals surface area contributed by atoms with Gasteiger partial charge in [-0.2, -0.15) is 0 Å². The summed E-state index contributed by atoms with van der Waals surface area (Å²) in [5.74, 6) is 0.295. The number of carbonyl (C=O) groups excluding carboxylic acids is 2. The van der Waals surface area contributed by atoms with E-state index in [1.165, 1.54) is 0 Å². The molecule has 2 heterocycles. The van der Waals surface area contributed by atoms with Crippen molar-refractivity contribution in [3.05, 3.63) is 0 Å². The average Bonchev–Trinajstić information content (AvgIpc) is 3.19. The lowest BCUT2D eigenvalue weighted by Gasteiger charge is -2.39. The minimum atomic E-state index is -0.242. The largest absolute Gasteiger partial charge is 0.352 e. The van der Waals surface area contributed by atoms with Crippen LogP contribution in [0.2, 0.25) is 0 Å². The maximum atomic E-state index is 13.1. The molecule has 0 spiro atoms. The van der Waals surface area contributed by atoms with Crippen LogP contribution in [0.4, 0.5) is 0 Å². The summed E-state index contributed by atoms with van der Waals surface area (Å²) in [5, 5.41) is 6.41. The van der Waals surface area contributed by atoms with E-state index >= 15 is 0 Å². The van der Waals surface area contributed by atoms with Crippen LogP contribution in [0.15, 0.2) is 0 Å². The standard InChI is InChI=1S/C16H27N3O2/c1-2-16(7-9-17-10-8-16)15(21)19-11-3-4-13(19)14(20)18-12-5-6-12/h12-13,17H,2-11H2,1H3,(H,18,20). The van der Waals surface area contributed by atoms with Crippen molar-refractivity contribution in [2.45, 2.75) is 64.0 Å². The summed E-state index contributed by atoms with van der Waals surface area (Å²) in [5.41, 5.74) is -0.242. The maximum Gasteiger partial charge on any atom is 0.243 e. The first-order valence-corrected chi connectivity index (χ1v) is 8.48. The number of piperidine rings is 1. The third kappa shape index (κ3) is 2.93. The van der Waals surface area contributed by atoms with E-state index in [0.29, 0.717) is 6.04 Å². The monoisotopic (exact) mass is 293 g/mol. The zero-order valence-corrected chi connectivity index (χ0v) is 13.0. The Kier molecular flexibility index (Phi) is 4.20. The Morgan fingerprint density at radius 2 is 1.95 bits per heavy atom. The van der Waals surface area contributed by atoms with E-state index in [0.717, 1.165) is 64.6 Å². The molecule has 3 fully saturated rings. The van der Waals surface area contributed by atoms with Crippen LogP contribution < -0.4 is 10.6 Å². The van der Waals surface area contributed by atoms with Crippen LogP contribution in [0.1, 0.15) is 51.9 Å². The molecule has 0 bridgehead atoms. The Balaban J connectivity index is 1.70. The lowest BCUT2D eigenvalue weighted by molar-refractivity contribution is -0.148. The first-order valence-electron chi connectivity index (χ1n) is 8.48. The van der Waals surface area contributed by atoms with Crippen LogP contribution in [0.3, 0.4) is 0 Å². The fourth-order valence-corrected chi connectivity index (χ4v) is 3.74. The van der Waals surface area contributed by atoms with E-state index in [1.54, 1.807) is 0 Å². The van der Waals surface area contributed by atoms with Gasteiger partial charge in [-0.15, -0.1) is 0 Å². The smallest absolute Gasteiger partial charge is 0.243 e. The number of nitrogens with one attached hydrogen (secondary N) is 2. The van der Waals surface area contributed by atoms with Gasteiger partial charge in [-0.3, -0.25) is 9.59 Å². The molecule has 1 saturated carbocycles. The fraction of sp³-hybridized carbons (Fsp3) is 0.875. The van der Waals surface area contributed by atoms with Crippen molar-refractivity contribution in [1.29, 1.82) is 0 Å². The van der Waals surface area contributed by atoms with Gasteiger partial charge in [-0.25, -0.2) is 0 Å². The van der Waals surface area contributed by atoms with Gasteiger partial charge >= 0.3 is 0 Å². The van der Waals surface area contributed by atoms with E-state index in [4.69, 9.17) is 0 Å². The molecule has 1 atom stereocenters. The molecule has 2 saturated heterocycles. The summed E-state index contributed by atoms with van der Waals surface area (Å²) in [6, 6.07) is 0.144. The SMILES string of the molecule is CCC1(C(=O)N2CCCC2C(=O)NC2CC2)CCNCC1. The molecule has 0 aromatic heterocycles. The van der Waals surface area contributed by atoms with Gasteiger partial charge < -0.3 is 15.5 Å². The highest BCUT2D eigenvalue weighted by Crippen LogP contribution is 2.37. The van der Waals surface area contributed by atoms with Crippen molar-refractivity contribution in [3.8, 4) is 0 Å². The van der Waals surface area contributed by atoms with Crippen molar-refractivity contribution >= 4 is 11.8 Å². The molecule has 118 valence electrons. The highest BCUT2D eigenvalue weighted by molar-refractivity contribution is 5.91. The van der Waals surface area contributed by atoms with Gasteiger partial charge in [-0.05, 0) is 58.0 Å². The zero-order valence-electron chi connectivity index (χ0n) is 13.0. The quantitative estimate of drug-likeness (QED) is 0.814. The molecule has 0 aromatic carbocycles. The summed E-state index contributed by atoms with van der Waals surface area (Å²) >= 11 is 0. The lowest BCUT2D eigenvalue weighted by Crippen LogP contribution is -2.54. The molecule has 0 aromatic rings. The molecule has 21 heavy (non-hydrogen) atoms. The Bertz CT molecular complexity index is 414. The molecule has 0 radical (unpaired) electrons. The number of amides is 2. The van der Waals surface area contributed by atoms with Crippen LogP contribution >= 0.6 is 0 Å². The van der Waals surface area contributed by atoms with Crippen LogP contribution in [-0.4, -0.2) is 48.4 Å². The molecule has 2 N–H and O–H groups in total. The third-order valence-corrected chi connectivity index (χ3v) is 5.43. The molecular formula is C16H27N3O2. The average molecular weight is 293 g/mol. The van der Waals surface area contributed by atoms with Gasteiger partial charge in [0, 0.05) is 12.6 Å². The van der Waals surface area contributed by atoms with Crippen LogP contribution in [0.5, 0.6) is 0 Å². The first-order chi connectivity index (χ1) is 10.2. The molecule has 1 aliphatic carbocycles. The molecule has 3 rings (SSSR count). The van der Waals surface area contributed by atoms with Gasteiger partial charge in [0.1, 0.15) is 6.04 Å². The van der Waals surface area contributed by atoms with Crippen molar-refractivity contribution in [3.63, 3.8) is 0 Å². The second-order valence-electron chi connectivity index (χ2n) is 6.82. The van der Waals surface area contributed by atoms with Gasteiger partial charge in [0.05, 0.1) is 5.41 Å². The molecule has 3 aliphatic rings. The van der Waals surface area contributed by atoms with Crippen molar-refractivity contribution in [2.75, 3.05) is 19.6 Å². The second kappa shape index (κ2) is 5.95. The number of nitrogens with zero attached hydrogens (tertiary/aromatic N) is 1. The Hall–Kier alpha value is -1.10. The molecular weight excluding hydrogens is 266 g/mol. The number of carbonyl (C=O) groups is 2. The van der Waals surface area contributed by atoms with Crippen molar-refractivity contribution < 1.29 is 9.59 Å². The summed E-state index contributed by atoms with van der Waals surface area (Å²) < 4.78 is 0. The molecule has 1 unspecified atom stereocenters. The second-order valence-corrected chi connectivity index (χ2v) is 6.82. The molecule has 5 heteroatoms. The normalized spacial score (nSPS) is 28.4. The minimum absolute atomic E-state index is 0.0727. The Labute approximate surface area is 126 Å². The predicted octanol–water partition coefficient (Wildman–Crippen LogP) is 1.04. The number of likely N-dealkylation sites (tertiary alicyclic amines) is 1. The highest BCUT2D eigenvalue weighted by Gasteiger charge is 2.45. The highest BCUT2D eigenvalue weighted by atomic mass is 16.2. The zero-order chi connectivity index (χ0) is 14.9. The lowest BCUT2D eigenvalue weighted by atomic mass is 9.75. The summed E-state index contributed by atoms with van der Waals surface area (Å²) in [6.45, 7) is 4.67. The fourth-order valence-electron chi connectivity index (χ4n) is 3.74. The predicted molar refractivity (Wildman–Crippen MR) is 80.7 cm³/mol. The summed E-state index contributed by atoms with van der Waals surface area (Å²) in [4.78, 5) is 27.3. The number of hydrogen-bond acceptors (Lipinski definition) is 3. The molecule has 2 amide bonds. The van der Waals surface area contributed by atoms with Crippen LogP contribution in [0, 0.1) is 5.41 Å². The molecule has 5 nitrogen and oxygen atoms in total. The third-order valence-electron chi connectivity index (χ3n) is 5.43.